The summed E-state index contributed by atoms with van der Waals surface area (Å²) in [6.07, 6.45) is 1.17. The molecule has 2 amide bonds. The summed E-state index contributed by atoms with van der Waals surface area (Å²) in [6, 6.07) is 9.13. The van der Waals surface area contributed by atoms with Crippen LogP contribution in [0, 0.1) is 24.5 Å². The van der Waals surface area contributed by atoms with Crippen LogP contribution in [0.25, 0.3) is 0 Å². The Hall–Kier alpha value is -3.01. The highest BCUT2D eigenvalue weighted by atomic mass is 32.2. The fourth-order valence-corrected chi connectivity index (χ4v) is 4.41. The molecule has 0 spiro atoms. The zero-order chi connectivity index (χ0) is 26.3. The van der Waals surface area contributed by atoms with Crippen molar-refractivity contribution >= 4 is 27.5 Å². The Morgan fingerprint density at radius 3 is 2.26 bits per heavy atom. The van der Waals surface area contributed by atoms with Crippen LogP contribution >= 0.6 is 0 Å². The van der Waals surface area contributed by atoms with Crippen LogP contribution < -0.4 is 9.62 Å². The normalized spacial score (nSPS) is 12.3. The number of carbonyl (C=O) groups excluding carboxylic acids is 2. The smallest absolute Gasteiger partial charge is 0.244 e. The average molecular weight is 510 g/mol. The number of benzene rings is 2. The quantitative estimate of drug-likeness (QED) is 0.501. The maximum absolute atomic E-state index is 13.8. The maximum Gasteiger partial charge on any atom is 0.244 e. The second-order valence-electron chi connectivity index (χ2n) is 8.88. The lowest BCUT2D eigenvalue weighted by Gasteiger charge is -2.33. The number of aryl methyl sites for hydroxylation is 1. The van der Waals surface area contributed by atoms with Gasteiger partial charge in [-0.05, 0) is 42.5 Å². The van der Waals surface area contributed by atoms with E-state index in [1.54, 1.807) is 6.92 Å². The van der Waals surface area contributed by atoms with Gasteiger partial charge in [0.05, 0.1) is 11.9 Å². The lowest BCUT2D eigenvalue weighted by molar-refractivity contribution is -0.140. The van der Waals surface area contributed by atoms with E-state index < -0.39 is 40.2 Å². The summed E-state index contributed by atoms with van der Waals surface area (Å²) in [5.74, 6) is -3.16. The Labute approximate surface area is 206 Å². The molecule has 0 aliphatic rings. The van der Waals surface area contributed by atoms with Crippen LogP contribution in [-0.2, 0) is 26.2 Å². The molecule has 0 aromatic heterocycles. The minimum atomic E-state index is -4.04. The van der Waals surface area contributed by atoms with Gasteiger partial charge in [0, 0.05) is 19.2 Å². The van der Waals surface area contributed by atoms with Crippen molar-refractivity contribution in [3.05, 3.63) is 65.2 Å². The number of hydrogen-bond donors (Lipinski definition) is 1. The molecule has 2 aromatic carbocycles. The molecule has 1 N–H and O–H groups in total. The van der Waals surface area contributed by atoms with Gasteiger partial charge in [-0.2, -0.15) is 0 Å². The predicted molar refractivity (Wildman–Crippen MR) is 132 cm³/mol. The van der Waals surface area contributed by atoms with Gasteiger partial charge < -0.3 is 10.2 Å². The minimum absolute atomic E-state index is 0.0779. The third-order valence-electron chi connectivity index (χ3n) is 5.54. The molecule has 0 aliphatic heterocycles. The minimum Gasteiger partial charge on any atom is -0.354 e. The molecule has 0 heterocycles. The van der Waals surface area contributed by atoms with E-state index in [1.807, 2.05) is 45.0 Å². The molecule has 2 aromatic rings. The van der Waals surface area contributed by atoms with Crippen molar-refractivity contribution in [3.63, 3.8) is 0 Å². The molecule has 0 saturated carbocycles. The molecule has 35 heavy (non-hydrogen) atoms. The second-order valence-corrected chi connectivity index (χ2v) is 10.8. The van der Waals surface area contributed by atoms with Gasteiger partial charge in [0.15, 0.2) is 11.6 Å². The van der Waals surface area contributed by atoms with Gasteiger partial charge in [-0.1, -0.05) is 45.0 Å². The number of halogens is 2. The molecule has 1 atom stereocenters. The van der Waals surface area contributed by atoms with E-state index in [9.17, 15) is 26.8 Å². The van der Waals surface area contributed by atoms with E-state index in [0.29, 0.717) is 17.3 Å². The largest absolute Gasteiger partial charge is 0.354 e. The number of hydrogen-bond acceptors (Lipinski definition) is 4. The highest BCUT2D eigenvalue weighted by molar-refractivity contribution is 7.92. The van der Waals surface area contributed by atoms with Crippen LogP contribution in [0.3, 0.4) is 0 Å². The molecule has 0 radical (unpaired) electrons. The molecule has 0 bridgehead atoms. The zero-order valence-corrected chi connectivity index (χ0v) is 21.5. The molecule has 0 saturated heterocycles. The monoisotopic (exact) mass is 509 g/mol. The van der Waals surface area contributed by atoms with Crippen molar-refractivity contribution in [2.75, 3.05) is 23.7 Å². The summed E-state index contributed by atoms with van der Waals surface area (Å²) in [7, 11) is -4.04. The third-order valence-corrected chi connectivity index (χ3v) is 6.68. The average Bonchev–Trinajstić information content (AvgIpc) is 2.78. The molecular weight excluding hydrogens is 476 g/mol. The van der Waals surface area contributed by atoms with E-state index in [4.69, 9.17) is 0 Å². The topological polar surface area (TPSA) is 86.8 Å². The Bertz CT molecular complexity index is 1160. The van der Waals surface area contributed by atoms with Crippen LogP contribution in [0.5, 0.6) is 0 Å². The Morgan fingerprint density at radius 1 is 1.06 bits per heavy atom. The fourth-order valence-electron chi connectivity index (χ4n) is 3.57. The molecular formula is C25H33F2N3O4S. The second kappa shape index (κ2) is 12.1. The zero-order valence-electron chi connectivity index (χ0n) is 20.7. The lowest BCUT2D eigenvalue weighted by Crippen LogP contribution is -2.52. The van der Waals surface area contributed by atoms with Crippen LogP contribution in [0.15, 0.2) is 42.5 Å². The summed E-state index contributed by atoms with van der Waals surface area (Å²) in [5, 5.41) is 2.84. The lowest BCUT2D eigenvalue weighted by atomic mass is 10.1. The van der Waals surface area contributed by atoms with Crippen LogP contribution in [0.1, 0.15) is 38.3 Å². The van der Waals surface area contributed by atoms with E-state index in [1.165, 1.54) is 4.90 Å². The number of nitrogens with one attached hydrogen (secondary N) is 1. The molecule has 10 heteroatoms. The van der Waals surface area contributed by atoms with Gasteiger partial charge in [0.2, 0.25) is 21.8 Å². The molecule has 0 unspecified atom stereocenters. The summed E-state index contributed by atoms with van der Waals surface area (Å²) in [6.45, 7) is 7.36. The number of sulfonamides is 1. The van der Waals surface area contributed by atoms with Gasteiger partial charge in [-0.25, -0.2) is 17.2 Å². The first-order chi connectivity index (χ1) is 16.3. The van der Waals surface area contributed by atoms with E-state index >= 15 is 0 Å². The standard InChI is InChI=1S/C25H33F2N3O4S/c1-6-23(25(32)28-14-17(2)3)29(15-19-10-8-7-9-18(19)4)24(31)16-30(35(5,33)34)20-11-12-21(26)22(27)13-20/h7-13,17,23H,6,14-16H2,1-5H3,(H,28,32)/t23-/m0/s1. The SMILES string of the molecule is CC[C@@H](C(=O)NCC(C)C)N(Cc1ccccc1C)C(=O)CN(c1ccc(F)c(F)c1)S(C)(=O)=O. The van der Waals surface area contributed by atoms with Gasteiger partial charge >= 0.3 is 0 Å². The van der Waals surface area contributed by atoms with Crippen molar-refractivity contribution in [2.24, 2.45) is 5.92 Å². The summed E-state index contributed by atoms with van der Waals surface area (Å²) >= 11 is 0. The van der Waals surface area contributed by atoms with Crippen molar-refractivity contribution in [1.29, 1.82) is 0 Å². The van der Waals surface area contributed by atoms with E-state index in [2.05, 4.69) is 5.32 Å². The van der Waals surface area contributed by atoms with Crippen molar-refractivity contribution in [1.82, 2.24) is 10.2 Å². The molecule has 192 valence electrons. The summed E-state index contributed by atoms with van der Waals surface area (Å²) in [4.78, 5) is 27.9. The highest BCUT2D eigenvalue weighted by Gasteiger charge is 2.32. The highest BCUT2D eigenvalue weighted by Crippen LogP contribution is 2.22. The van der Waals surface area contributed by atoms with Gasteiger partial charge in [-0.3, -0.25) is 13.9 Å². The summed E-state index contributed by atoms with van der Waals surface area (Å²) in [5.41, 5.74) is 1.52. The Morgan fingerprint density at radius 2 is 1.71 bits per heavy atom. The number of carbonyl (C=O) groups is 2. The van der Waals surface area contributed by atoms with Crippen molar-refractivity contribution in [3.8, 4) is 0 Å². The van der Waals surface area contributed by atoms with Crippen LogP contribution in [-0.4, -0.2) is 50.5 Å². The van der Waals surface area contributed by atoms with Crippen LogP contribution in [0.2, 0.25) is 0 Å². The van der Waals surface area contributed by atoms with E-state index in [0.717, 1.165) is 35.6 Å². The molecule has 7 nitrogen and oxygen atoms in total. The van der Waals surface area contributed by atoms with Crippen molar-refractivity contribution < 1.29 is 26.8 Å². The van der Waals surface area contributed by atoms with E-state index in [-0.39, 0.29) is 24.1 Å². The van der Waals surface area contributed by atoms with Crippen LogP contribution in [0.4, 0.5) is 14.5 Å². The van der Waals surface area contributed by atoms with Gasteiger partial charge in [0.1, 0.15) is 12.6 Å². The third kappa shape index (κ3) is 7.74. The number of amides is 2. The fraction of sp³-hybridized carbons (Fsp3) is 0.440. The number of rotatable bonds is 11. The van der Waals surface area contributed by atoms with Gasteiger partial charge in [0.25, 0.3) is 0 Å². The molecule has 0 fully saturated rings. The van der Waals surface area contributed by atoms with Crippen molar-refractivity contribution in [2.45, 2.75) is 46.7 Å². The first kappa shape index (κ1) is 28.2. The molecule has 0 aliphatic carbocycles. The molecule has 2 rings (SSSR count). The summed E-state index contributed by atoms with van der Waals surface area (Å²) < 4.78 is 53.0. The Balaban J connectivity index is 2.45. The first-order valence-corrected chi connectivity index (χ1v) is 13.2. The van der Waals surface area contributed by atoms with Gasteiger partial charge in [-0.15, -0.1) is 0 Å². The maximum atomic E-state index is 13.8. The number of anilines is 1. The Kier molecular flexibility index (Phi) is 9.76. The number of nitrogens with zero attached hydrogens (tertiary/aromatic N) is 2. The first-order valence-electron chi connectivity index (χ1n) is 11.4. The predicted octanol–water partition coefficient (Wildman–Crippen LogP) is 3.62.